The maximum Gasteiger partial charge on any atom is 0.416 e. The van der Waals surface area contributed by atoms with Gasteiger partial charge in [-0.2, -0.15) is 13.2 Å². The molecule has 1 aliphatic carbocycles. The Bertz CT molecular complexity index is 573. The maximum absolute atomic E-state index is 12.9. The smallest absolute Gasteiger partial charge is 0.342 e. The van der Waals surface area contributed by atoms with Crippen LogP contribution >= 0.6 is 0 Å². The molecule has 1 saturated heterocycles. The molecule has 0 spiro atoms. The largest absolute Gasteiger partial charge is 0.416 e. The summed E-state index contributed by atoms with van der Waals surface area (Å²) in [6, 6.07) is 5.31. The van der Waals surface area contributed by atoms with Crippen LogP contribution in [0.4, 0.5) is 13.2 Å². The van der Waals surface area contributed by atoms with Crippen molar-refractivity contribution in [2.24, 2.45) is 5.73 Å². The molecule has 1 aromatic carbocycles. The van der Waals surface area contributed by atoms with E-state index >= 15 is 0 Å². The minimum Gasteiger partial charge on any atom is -0.342 e. The van der Waals surface area contributed by atoms with Crippen molar-refractivity contribution in [2.75, 3.05) is 13.1 Å². The molecule has 3 rings (SSSR count). The van der Waals surface area contributed by atoms with Gasteiger partial charge in [-0.15, -0.1) is 0 Å². The van der Waals surface area contributed by atoms with Crippen LogP contribution in [0.1, 0.15) is 36.8 Å². The van der Waals surface area contributed by atoms with E-state index in [0.717, 1.165) is 25.0 Å². The quantitative estimate of drug-likeness (QED) is 0.912. The number of halogens is 3. The zero-order valence-electron chi connectivity index (χ0n) is 12.2. The normalized spacial score (nSPS) is 21.7. The van der Waals surface area contributed by atoms with Gasteiger partial charge in [0.05, 0.1) is 11.0 Å². The second kappa shape index (κ2) is 5.26. The molecule has 0 atom stereocenters. The number of rotatable bonds is 2. The number of nitrogens with zero attached hydrogens (tertiary/aromatic N) is 1. The van der Waals surface area contributed by atoms with Crippen molar-refractivity contribution in [1.82, 2.24) is 4.90 Å². The van der Waals surface area contributed by atoms with E-state index in [1.807, 2.05) is 0 Å². The Kier molecular flexibility index (Phi) is 3.67. The van der Waals surface area contributed by atoms with E-state index in [1.54, 1.807) is 11.0 Å². The zero-order valence-corrected chi connectivity index (χ0v) is 12.2. The minimum absolute atomic E-state index is 0.0428. The summed E-state index contributed by atoms with van der Waals surface area (Å²) in [6.45, 7) is 1.20. The molecule has 1 saturated carbocycles. The van der Waals surface area contributed by atoms with Crippen molar-refractivity contribution in [3.05, 3.63) is 35.4 Å². The van der Waals surface area contributed by atoms with Gasteiger partial charge < -0.3 is 10.6 Å². The predicted octanol–water partition coefficient (Wildman–Crippen LogP) is 2.69. The van der Waals surface area contributed by atoms with Crippen LogP contribution in [0.15, 0.2) is 24.3 Å². The number of carbonyl (C=O) groups is 1. The summed E-state index contributed by atoms with van der Waals surface area (Å²) in [4.78, 5) is 14.5. The van der Waals surface area contributed by atoms with Crippen molar-refractivity contribution >= 4 is 5.91 Å². The van der Waals surface area contributed by atoms with E-state index in [1.165, 1.54) is 6.07 Å². The SMILES string of the molecule is NC1CCN(C(=O)C2(c3cccc(C(F)(F)F)c3)CC2)CC1. The number of nitrogens with two attached hydrogens (primary N) is 1. The van der Waals surface area contributed by atoms with Crippen LogP contribution in [0.3, 0.4) is 0 Å². The van der Waals surface area contributed by atoms with E-state index < -0.39 is 17.2 Å². The molecule has 2 fully saturated rings. The number of hydrogen-bond donors (Lipinski definition) is 1. The van der Waals surface area contributed by atoms with Gasteiger partial charge in [-0.3, -0.25) is 4.79 Å². The monoisotopic (exact) mass is 312 g/mol. The summed E-state index contributed by atoms with van der Waals surface area (Å²) in [5.41, 5.74) is 4.89. The van der Waals surface area contributed by atoms with Crippen molar-refractivity contribution in [3.63, 3.8) is 0 Å². The molecular weight excluding hydrogens is 293 g/mol. The number of likely N-dealkylation sites (tertiary alicyclic amines) is 1. The second-order valence-corrected chi connectivity index (χ2v) is 6.29. The Hall–Kier alpha value is -1.56. The van der Waals surface area contributed by atoms with Gasteiger partial charge in [0.1, 0.15) is 0 Å². The average Bonchev–Trinajstić information content (AvgIpc) is 3.28. The number of piperidine rings is 1. The van der Waals surface area contributed by atoms with Crippen LogP contribution in [-0.2, 0) is 16.4 Å². The topological polar surface area (TPSA) is 46.3 Å². The third-order valence-electron chi connectivity index (χ3n) is 4.73. The van der Waals surface area contributed by atoms with Crippen molar-refractivity contribution in [1.29, 1.82) is 0 Å². The lowest BCUT2D eigenvalue weighted by molar-refractivity contribution is -0.138. The van der Waals surface area contributed by atoms with Gasteiger partial charge in [0.2, 0.25) is 5.91 Å². The van der Waals surface area contributed by atoms with Crippen LogP contribution in [0, 0.1) is 0 Å². The van der Waals surface area contributed by atoms with Gasteiger partial charge in [0.15, 0.2) is 0 Å². The molecule has 0 radical (unpaired) electrons. The van der Waals surface area contributed by atoms with Crippen LogP contribution in [-0.4, -0.2) is 29.9 Å². The summed E-state index contributed by atoms with van der Waals surface area (Å²) < 4.78 is 38.6. The molecule has 0 aromatic heterocycles. The molecular formula is C16H19F3N2O. The molecule has 120 valence electrons. The van der Waals surface area contributed by atoms with Crippen molar-refractivity contribution < 1.29 is 18.0 Å². The highest BCUT2D eigenvalue weighted by Crippen LogP contribution is 2.50. The first kappa shape index (κ1) is 15.3. The molecule has 1 aromatic rings. The number of amides is 1. The minimum atomic E-state index is -4.38. The zero-order chi connectivity index (χ0) is 16.0. The highest BCUT2D eigenvalue weighted by atomic mass is 19.4. The highest BCUT2D eigenvalue weighted by Gasteiger charge is 2.53. The summed E-state index contributed by atoms with van der Waals surface area (Å²) >= 11 is 0. The van der Waals surface area contributed by atoms with Gasteiger partial charge in [-0.05, 0) is 37.3 Å². The standard InChI is InChI=1S/C16H19F3N2O/c17-16(18,19)12-3-1-2-11(10-12)15(6-7-15)14(22)21-8-4-13(20)5-9-21/h1-3,10,13H,4-9,20H2. The van der Waals surface area contributed by atoms with E-state index in [2.05, 4.69) is 0 Å². The molecule has 0 bridgehead atoms. The number of hydrogen-bond acceptors (Lipinski definition) is 2. The first-order valence-corrected chi connectivity index (χ1v) is 7.56. The van der Waals surface area contributed by atoms with Crippen LogP contribution in [0.5, 0.6) is 0 Å². The average molecular weight is 312 g/mol. The molecule has 1 heterocycles. The van der Waals surface area contributed by atoms with E-state index in [4.69, 9.17) is 5.73 Å². The van der Waals surface area contributed by atoms with Crippen LogP contribution in [0.2, 0.25) is 0 Å². The molecule has 1 amide bonds. The lowest BCUT2D eigenvalue weighted by Gasteiger charge is -2.33. The van der Waals surface area contributed by atoms with Crippen molar-refractivity contribution in [2.45, 2.75) is 43.3 Å². The predicted molar refractivity (Wildman–Crippen MR) is 76.1 cm³/mol. The van der Waals surface area contributed by atoms with E-state index in [-0.39, 0.29) is 11.9 Å². The number of alkyl halides is 3. The fourth-order valence-corrected chi connectivity index (χ4v) is 3.15. The molecule has 2 aliphatic rings. The fraction of sp³-hybridized carbons (Fsp3) is 0.562. The molecule has 3 nitrogen and oxygen atoms in total. The third kappa shape index (κ3) is 2.72. The summed E-state index contributed by atoms with van der Waals surface area (Å²) in [6.07, 6.45) is -1.63. The Morgan fingerprint density at radius 1 is 1.23 bits per heavy atom. The summed E-state index contributed by atoms with van der Waals surface area (Å²) in [5, 5.41) is 0. The van der Waals surface area contributed by atoms with E-state index in [0.29, 0.717) is 31.5 Å². The third-order valence-corrected chi connectivity index (χ3v) is 4.73. The molecule has 0 unspecified atom stereocenters. The van der Waals surface area contributed by atoms with Crippen LogP contribution in [0.25, 0.3) is 0 Å². The van der Waals surface area contributed by atoms with Gasteiger partial charge in [-0.25, -0.2) is 0 Å². The number of benzene rings is 1. The maximum atomic E-state index is 12.9. The molecule has 2 N–H and O–H groups in total. The molecule has 1 aliphatic heterocycles. The second-order valence-electron chi connectivity index (χ2n) is 6.29. The summed E-state index contributed by atoms with van der Waals surface area (Å²) in [7, 11) is 0. The number of carbonyl (C=O) groups excluding carboxylic acids is 1. The molecule has 22 heavy (non-hydrogen) atoms. The fourth-order valence-electron chi connectivity index (χ4n) is 3.15. The first-order chi connectivity index (χ1) is 10.3. The van der Waals surface area contributed by atoms with Crippen molar-refractivity contribution in [3.8, 4) is 0 Å². The summed E-state index contributed by atoms with van der Waals surface area (Å²) in [5.74, 6) is -0.0428. The Balaban J connectivity index is 1.83. The Labute approximate surface area is 127 Å². The Morgan fingerprint density at radius 3 is 2.41 bits per heavy atom. The van der Waals surface area contributed by atoms with Gasteiger partial charge in [0, 0.05) is 19.1 Å². The highest BCUT2D eigenvalue weighted by molar-refractivity contribution is 5.91. The van der Waals surface area contributed by atoms with Gasteiger partial charge >= 0.3 is 6.18 Å². The van der Waals surface area contributed by atoms with Gasteiger partial charge in [-0.1, -0.05) is 18.2 Å². The van der Waals surface area contributed by atoms with E-state index in [9.17, 15) is 18.0 Å². The first-order valence-electron chi connectivity index (χ1n) is 7.56. The Morgan fingerprint density at radius 2 is 1.86 bits per heavy atom. The lowest BCUT2D eigenvalue weighted by Crippen LogP contribution is -2.46. The van der Waals surface area contributed by atoms with Crippen LogP contribution < -0.4 is 5.73 Å². The molecule has 6 heteroatoms. The van der Waals surface area contributed by atoms with Gasteiger partial charge in [0.25, 0.3) is 0 Å². The lowest BCUT2D eigenvalue weighted by atomic mass is 9.91.